The number of rotatable bonds is 3. The molecule has 17 heavy (non-hydrogen) atoms. The molecular formula is C13H9Cl2IO. The van der Waals surface area contributed by atoms with Gasteiger partial charge in [0.2, 0.25) is 0 Å². The maximum absolute atomic E-state index is 5.90. The zero-order chi connectivity index (χ0) is 12.3. The first-order chi connectivity index (χ1) is 8.15. The van der Waals surface area contributed by atoms with Crippen LogP contribution in [0.4, 0.5) is 0 Å². The highest BCUT2D eigenvalue weighted by atomic mass is 127. The van der Waals surface area contributed by atoms with E-state index >= 15 is 0 Å². The first kappa shape index (κ1) is 13.0. The van der Waals surface area contributed by atoms with Crippen molar-refractivity contribution < 1.29 is 4.74 Å². The molecule has 0 aliphatic heterocycles. The molecule has 0 fully saturated rings. The van der Waals surface area contributed by atoms with Crippen molar-refractivity contribution in [1.29, 1.82) is 0 Å². The fourth-order valence-corrected chi connectivity index (χ4v) is 1.96. The summed E-state index contributed by atoms with van der Waals surface area (Å²) in [6.45, 7) is 0.523. The zero-order valence-electron chi connectivity index (χ0n) is 8.79. The Bertz CT molecular complexity index is 511. The van der Waals surface area contributed by atoms with Gasteiger partial charge in [0.1, 0.15) is 12.4 Å². The second-order valence-corrected chi connectivity index (χ2v) is 5.55. The maximum atomic E-state index is 5.90. The summed E-state index contributed by atoms with van der Waals surface area (Å²) in [5, 5.41) is 1.04. The first-order valence-corrected chi connectivity index (χ1v) is 6.81. The molecule has 0 spiro atoms. The molecule has 0 saturated carbocycles. The Morgan fingerprint density at radius 1 is 0.941 bits per heavy atom. The second-order valence-electron chi connectivity index (χ2n) is 3.49. The average Bonchev–Trinajstić information content (AvgIpc) is 2.33. The molecule has 2 rings (SSSR count). The van der Waals surface area contributed by atoms with Crippen LogP contribution >= 0.6 is 45.8 Å². The van der Waals surface area contributed by atoms with Crippen LogP contribution in [0.25, 0.3) is 0 Å². The van der Waals surface area contributed by atoms with Crippen LogP contribution in [0, 0.1) is 3.57 Å². The van der Waals surface area contributed by atoms with E-state index in [1.54, 1.807) is 18.2 Å². The predicted molar refractivity (Wildman–Crippen MR) is 80.0 cm³/mol. The van der Waals surface area contributed by atoms with Crippen molar-refractivity contribution in [3.05, 3.63) is 61.6 Å². The molecule has 1 nitrogen and oxygen atoms in total. The van der Waals surface area contributed by atoms with Crippen molar-refractivity contribution in [2.24, 2.45) is 0 Å². The molecule has 0 heterocycles. The van der Waals surface area contributed by atoms with E-state index < -0.39 is 0 Å². The molecule has 0 saturated heterocycles. The van der Waals surface area contributed by atoms with Gasteiger partial charge in [0.15, 0.2) is 0 Å². The maximum Gasteiger partial charge on any atom is 0.121 e. The van der Waals surface area contributed by atoms with Gasteiger partial charge in [-0.2, -0.15) is 0 Å². The van der Waals surface area contributed by atoms with Crippen molar-refractivity contribution in [1.82, 2.24) is 0 Å². The summed E-state index contributed by atoms with van der Waals surface area (Å²) in [7, 11) is 0. The number of ether oxygens (including phenoxy) is 1. The highest BCUT2D eigenvalue weighted by Crippen LogP contribution is 2.26. The molecule has 0 aromatic heterocycles. The Balaban J connectivity index is 2.02. The minimum absolute atomic E-state index is 0.506. The van der Waals surface area contributed by atoms with Crippen molar-refractivity contribution in [2.75, 3.05) is 0 Å². The molecule has 0 amide bonds. The fourth-order valence-electron chi connectivity index (χ4n) is 1.31. The van der Waals surface area contributed by atoms with E-state index in [4.69, 9.17) is 27.9 Å². The monoisotopic (exact) mass is 378 g/mol. The van der Waals surface area contributed by atoms with Crippen molar-refractivity contribution >= 4 is 45.8 Å². The average molecular weight is 379 g/mol. The van der Waals surface area contributed by atoms with Crippen LogP contribution in [-0.4, -0.2) is 0 Å². The fraction of sp³-hybridized carbons (Fsp3) is 0.0769. The molecule has 2 aromatic carbocycles. The van der Waals surface area contributed by atoms with Crippen molar-refractivity contribution in [3.8, 4) is 5.75 Å². The topological polar surface area (TPSA) is 9.23 Å². The molecule has 0 atom stereocenters. The van der Waals surface area contributed by atoms with E-state index in [0.717, 1.165) is 11.3 Å². The normalized spacial score (nSPS) is 10.3. The Morgan fingerprint density at radius 3 is 2.29 bits per heavy atom. The molecule has 0 radical (unpaired) electrons. The molecule has 0 aliphatic rings. The van der Waals surface area contributed by atoms with Crippen LogP contribution in [-0.2, 0) is 6.61 Å². The molecule has 88 valence electrons. The van der Waals surface area contributed by atoms with E-state index in [0.29, 0.717) is 16.7 Å². The van der Waals surface area contributed by atoms with Gasteiger partial charge in [-0.15, -0.1) is 0 Å². The molecule has 0 unspecified atom stereocenters. The van der Waals surface area contributed by atoms with Gasteiger partial charge in [0.25, 0.3) is 0 Å². The van der Waals surface area contributed by atoms with Crippen LogP contribution in [0.1, 0.15) is 5.56 Å². The lowest BCUT2D eigenvalue weighted by Gasteiger charge is -2.07. The molecule has 0 N–H and O–H groups in total. The van der Waals surface area contributed by atoms with Crippen molar-refractivity contribution in [3.63, 3.8) is 0 Å². The molecular weight excluding hydrogens is 370 g/mol. The summed E-state index contributed by atoms with van der Waals surface area (Å²) in [5.74, 6) is 0.720. The number of hydrogen-bond acceptors (Lipinski definition) is 1. The van der Waals surface area contributed by atoms with E-state index in [-0.39, 0.29) is 0 Å². The van der Waals surface area contributed by atoms with Gasteiger partial charge in [-0.3, -0.25) is 0 Å². The van der Waals surface area contributed by atoms with Gasteiger partial charge in [-0.1, -0.05) is 35.3 Å². The second kappa shape index (κ2) is 5.94. The standard InChI is InChI=1S/C13H9Cl2IO/c14-12-6-5-11(7-13(12)15)17-8-9-1-3-10(16)4-2-9/h1-7H,8H2. The quantitative estimate of drug-likeness (QED) is 0.669. The van der Waals surface area contributed by atoms with Gasteiger partial charge < -0.3 is 4.74 Å². The van der Waals surface area contributed by atoms with Gasteiger partial charge in [0.05, 0.1) is 10.0 Å². The molecule has 0 aliphatic carbocycles. The Labute approximate surface area is 124 Å². The number of benzene rings is 2. The largest absolute Gasteiger partial charge is 0.489 e. The van der Waals surface area contributed by atoms with Crippen LogP contribution in [0.3, 0.4) is 0 Å². The van der Waals surface area contributed by atoms with Gasteiger partial charge in [-0.05, 0) is 52.4 Å². The molecule has 2 aromatic rings. The Morgan fingerprint density at radius 2 is 1.65 bits per heavy atom. The summed E-state index contributed by atoms with van der Waals surface area (Å²) < 4.78 is 6.83. The summed E-state index contributed by atoms with van der Waals surface area (Å²) in [4.78, 5) is 0. The summed E-state index contributed by atoms with van der Waals surface area (Å²) in [5.41, 5.74) is 1.12. The third-order valence-electron chi connectivity index (χ3n) is 2.21. The van der Waals surface area contributed by atoms with Crippen LogP contribution < -0.4 is 4.74 Å². The molecule has 4 heteroatoms. The lowest BCUT2D eigenvalue weighted by molar-refractivity contribution is 0.306. The van der Waals surface area contributed by atoms with Gasteiger partial charge >= 0.3 is 0 Å². The zero-order valence-corrected chi connectivity index (χ0v) is 12.5. The number of hydrogen-bond donors (Lipinski definition) is 0. The van der Waals surface area contributed by atoms with E-state index in [1.165, 1.54) is 3.57 Å². The van der Waals surface area contributed by atoms with Crippen LogP contribution in [0.5, 0.6) is 5.75 Å². The van der Waals surface area contributed by atoms with Crippen molar-refractivity contribution in [2.45, 2.75) is 6.61 Å². The smallest absolute Gasteiger partial charge is 0.121 e. The lowest BCUT2D eigenvalue weighted by Crippen LogP contribution is -1.95. The molecule has 0 bridgehead atoms. The van der Waals surface area contributed by atoms with Crippen LogP contribution in [0.15, 0.2) is 42.5 Å². The van der Waals surface area contributed by atoms with E-state index in [2.05, 4.69) is 22.6 Å². The lowest BCUT2D eigenvalue weighted by atomic mass is 10.2. The Hall–Kier alpha value is -0.450. The van der Waals surface area contributed by atoms with Gasteiger partial charge in [-0.25, -0.2) is 0 Å². The summed E-state index contributed by atoms with van der Waals surface area (Å²) in [6.07, 6.45) is 0. The van der Waals surface area contributed by atoms with Gasteiger partial charge in [0, 0.05) is 9.64 Å². The Kier molecular flexibility index (Phi) is 4.54. The SMILES string of the molecule is Clc1ccc(OCc2ccc(I)cc2)cc1Cl. The highest BCUT2D eigenvalue weighted by Gasteiger charge is 2.00. The number of halogens is 3. The minimum atomic E-state index is 0.506. The summed E-state index contributed by atoms with van der Waals surface area (Å²) >= 11 is 14.0. The predicted octanol–water partition coefficient (Wildman–Crippen LogP) is 5.18. The third-order valence-corrected chi connectivity index (χ3v) is 3.67. The first-order valence-electron chi connectivity index (χ1n) is 4.97. The van der Waals surface area contributed by atoms with Crippen LogP contribution in [0.2, 0.25) is 10.0 Å². The summed E-state index contributed by atoms with van der Waals surface area (Å²) in [6, 6.07) is 13.4. The van der Waals surface area contributed by atoms with E-state index in [9.17, 15) is 0 Å². The minimum Gasteiger partial charge on any atom is -0.489 e. The highest BCUT2D eigenvalue weighted by molar-refractivity contribution is 14.1. The van der Waals surface area contributed by atoms with E-state index in [1.807, 2.05) is 24.3 Å². The third kappa shape index (κ3) is 3.76.